The van der Waals surface area contributed by atoms with E-state index in [-0.39, 0.29) is 11.0 Å². The van der Waals surface area contributed by atoms with E-state index in [9.17, 15) is 4.79 Å². The molecule has 0 aliphatic rings. The highest BCUT2D eigenvalue weighted by atomic mass is 35.5. The van der Waals surface area contributed by atoms with Crippen LogP contribution >= 0.6 is 23.8 Å². The number of hydrogen-bond acceptors (Lipinski definition) is 2. The summed E-state index contributed by atoms with van der Waals surface area (Å²) in [5.74, 6) is -0.301. The molecule has 1 amide bonds. The highest BCUT2D eigenvalue weighted by Crippen LogP contribution is 2.14. The van der Waals surface area contributed by atoms with Gasteiger partial charge in [0.05, 0.1) is 0 Å². The van der Waals surface area contributed by atoms with Gasteiger partial charge in [0.25, 0.3) is 5.91 Å². The van der Waals surface area contributed by atoms with Crippen molar-refractivity contribution < 1.29 is 4.79 Å². The zero-order valence-corrected chi connectivity index (χ0v) is 14.7. The second-order valence-electron chi connectivity index (χ2n) is 5.01. The highest BCUT2D eigenvalue weighted by Gasteiger charge is 2.00. The van der Waals surface area contributed by atoms with Crippen LogP contribution in [0, 0.1) is 0 Å². The first kappa shape index (κ1) is 18.0. The van der Waals surface area contributed by atoms with Crippen LogP contribution in [0.4, 0.5) is 5.69 Å². The third-order valence-electron chi connectivity index (χ3n) is 3.20. The Hall–Kier alpha value is -2.37. The average Bonchev–Trinajstić information content (AvgIpc) is 2.58. The van der Waals surface area contributed by atoms with Crippen molar-refractivity contribution in [2.75, 3.05) is 5.32 Å². The van der Waals surface area contributed by atoms with E-state index in [2.05, 4.69) is 23.1 Å². The Morgan fingerprint density at radius 1 is 1.17 bits per heavy atom. The maximum Gasteiger partial charge on any atom is 0.262 e. The van der Waals surface area contributed by atoms with Gasteiger partial charge < -0.3 is 5.32 Å². The molecule has 0 radical (unpaired) electrons. The second-order valence-corrected chi connectivity index (χ2v) is 5.85. The Balaban J connectivity index is 1.79. The molecule has 0 saturated carbocycles. The SMILES string of the molecule is CCc1ccc(/C=C/C(=O)NNC(=S)Nc2cccc(Cl)c2)cc1. The van der Waals surface area contributed by atoms with Crippen LogP contribution in [0.25, 0.3) is 6.08 Å². The molecule has 3 N–H and O–H groups in total. The number of nitrogens with one attached hydrogen (secondary N) is 3. The van der Waals surface area contributed by atoms with Gasteiger partial charge in [-0.15, -0.1) is 0 Å². The molecule has 0 atom stereocenters. The molecule has 6 heteroatoms. The smallest absolute Gasteiger partial charge is 0.262 e. The number of hydrazine groups is 1. The number of carbonyl (C=O) groups excluding carboxylic acids is 1. The van der Waals surface area contributed by atoms with Crippen LogP contribution in [0.5, 0.6) is 0 Å². The van der Waals surface area contributed by atoms with Crippen LogP contribution in [-0.2, 0) is 11.2 Å². The number of amides is 1. The lowest BCUT2D eigenvalue weighted by Crippen LogP contribution is -2.43. The van der Waals surface area contributed by atoms with Crippen molar-refractivity contribution in [3.63, 3.8) is 0 Å². The van der Waals surface area contributed by atoms with Crippen LogP contribution in [0.1, 0.15) is 18.1 Å². The summed E-state index contributed by atoms with van der Waals surface area (Å²) in [4.78, 5) is 11.8. The molecule has 24 heavy (non-hydrogen) atoms. The molecule has 2 aromatic rings. The van der Waals surface area contributed by atoms with Crippen molar-refractivity contribution in [2.24, 2.45) is 0 Å². The molecular formula is C18H18ClN3OS. The maximum atomic E-state index is 11.8. The van der Waals surface area contributed by atoms with E-state index in [0.29, 0.717) is 5.02 Å². The van der Waals surface area contributed by atoms with Crippen molar-refractivity contribution >= 4 is 46.6 Å². The zero-order chi connectivity index (χ0) is 17.4. The van der Waals surface area contributed by atoms with Crippen molar-refractivity contribution in [1.82, 2.24) is 10.9 Å². The fraction of sp³-hybridized carbons (Fsp3) is 0.111. The Morgan fingerprint density at radius 3 is 2.58 bits per heavy atom. The Kier molecular flexibility index (Phi) is 6.78. The molecule has 0 aliphatic heterocycles. The third kappa shape index (κ3) is 6.02. The summed E-state index contributed by atoms with van der Waals surface area (Å²) in [6, 6.07) is 15.2. The van der Waals surface area contributed by atoms with Gasteiger partial charge in [-0.25, -0.2) is 0 Å². The molecule has 0 unspecified atom stereocenters. The summed E-state index contributed by atoms with van der Waals surface area (Å²) in [5, 5.41) is 3.79. The number of rotatable bonds is 4. The van der Waals surface area contributed by atoms with Gasteiger partial charge in [0.1, 0.15) is 0 Å². The molecule has 4 nitrogen and oxygen atoms in total. The molecule has 0 bridgehead atoms. The van der Waals surface area contributed by atoms with Crippen molar-refractivity contribution in [2.45, 2.75) is 13.3 Å². The van der Waals surface area contributed by atoms with E-state index in [0.717, 1.165) is 17.7 Å². The van der Waals surface area contributed by atoms with E-state index < -0.39 is 0 Å². The summed E-state index contributed by atoms with van der Waals surface area (Å²) >= 11 is 11.0. The molecule has 0 spiro atoms. The standard InChI is InChI=1S/C18H18ClN3OS/c1-2-13-6-8-14(9-7-13)10-11-17(23)21-22-18(24)20-16-5-3-4-15(19)12-16/h3-12H,2H2,1H3,(H,21,23)(H2,20,22,24)/b11-10+. The number of benzene rings is 2. The maximum absolute atomic E-state index is 11.8. The summed E-state index contributed by atoms with van der Waals surface area (Å²) in [5.41, 5.74) is 8.09. The minimum absolute atomic E-state index is 0.270. The molecule has 124 valence electrons. The monoisotopic (exact) mass is 359 g/mol. The van der Waals surface area contributed by atoms with Crippen LogP contribution < -0.4 is 16.2 Å². The van der Waals surface area contributed by atoms with Gasteiger partial charge >= 0.3 is 0 Å². The summed E-state index contributed by atoms with van der Waals surface area (Å²) < 4.78 is 0. The van der Waals surface area contributed by atoms with Crippen LogP contribution in [0.3, 0.4) is 0 Å². The second kappa shape index (κ2) is 9.05. The molecule has 0 heterocycles. The predicted molar refractivity (Wildman–Crippen MR) is 104 cm³/mol. The normalized spacial score (nSPS) is 10.4. The molecule has 0 aliphatic carbocycles. The van der Waals surface area contributed by atoms with E-state index in [1.807, 2.05) is 30.3 Å². The van der Waals surface area contributed by atoms with Gasteiger partial charge in [-0.1, -0.05) is 48.9 Å². The Morgan fingerprint density at radius 2 is 1.92 bits per heavy atom. The Labute approximate surface area is 151 Å². The molecular weight excluding hydrogens is 342 g/mol. The number of aryl methyl sites for hydroxylation is 1. The number of hydrogen-bond donors (Lipinski definition) is 3. The summed E-state index contributed by atoms with van der Waals surface area (Å²) in [6.45, 7) is 2.10. The first-order chi connectivity index (χ1) is 11.6. The topological polar surface area (TPSA) is 53.2 Å². The van der Waals surface area contributed by atoms with Gasteiger partial charge in [-0.05, 0) is 54.0 Å². The third-order valence-corrected chi connectivity index (χ3v) is 3.64. The van der Waals surface area contributed by atoms with Gasteiger partial charge in [0.15, 0.2) is 5.11 Å². The molecule has 0 aromatic heterocycles. The summed E-state index contributed by atoms with van der Waals surface area (Å²) in [7, 11) is 0. The minimum atomic E-state index is -0.301. The number of anilines is 1. The van der Waals surface area contributed by atoms with Crippen molar-refractivity contribution in [3.05, 3.63) is 70.8 Å². The fourth-order valence-corrected chi connectivity index (χ4v) is 2.28. The van der Waals surface area contributed by atoms with Crippen LogP contribution in [-0.4, -0.2) is 11.0 Å². The minimum Gasteiger partial charge on any atom is -0.331 e. The highest BCUT2D eigenvalue weighted by molar-refractivity contribution is 7.80. The van der Waals surface area contributed by atoms with Crippen molar-refractivity contribution in [1.29, 1.82) is 0 Å². The first-order valence-corrected chi connectivity index (χ1v) is 8.25. The number of halogens is 1. The van der Waals surface area contributed by atoms with Crippen molar-refractivity contribution in [3.8, 4) is 0 Å². The van der Waals surface area contributed by atoms with Crippen LogP contribution in [0.2, 0.25) is 5.02 Å². The van der Waals surface area contributed by atoms with Gasteiger partial charge in [0, 0.05) is 16.8 Å². The molecule has 0 saturated heterocycles. The quantitative estimate of drug-likeness (QED) is 0.440. The number of thiocarbonyl (C=S) groups is 1. The van der Waals surface area contributed by atoms with E-state index in [1.165, 1.54) is 11.6 Å². The summed E-state index contributed by atoms with van der Waals surface area (Å²) in [6.07, 6.45) is 4.17. The Bertz CT molecular complexity index is 744. The van der Waals surface area contributed by atoms with E-state index >= 15 is 0 Å². The first-order valence-electron chi connectivity index (χ1n) is 7.46. The molecule has 2 aromatic carbocycles. The lowest BCUT2D eigenvalue weighted by Gasteiger charge is -2.10. The average molecular weight is 360 g/mol. The zero-order valence-electron chi connectivity index (χ0n) is 13.2. The van der Waals surface area contributed by atoms with Gasteiger partial charge in [0.2, 0.25) is 0 Å². The largest absolute Gasteiger partial charge is 0.331 e. The molecule has 0 fully saturated rings. The number of carbonyl (C=O) groups is 1. The van der Waals surface area contributed by atoms with E-state index in [4.69, 9.17) is 23.8 Å². The van der Waals surface area contributed by atoms with Gasteiger partial charge in [-0.3, -0.25) is 15.6 Å². The lowest BCUT2D eigenvalue weighted by molar-refractivity contribution is -0.116. The van der Waals surface area contributed by atoms with Gasteiger partial charge in [-0.2, -0.15) is 0 Å². The van der Waals surface area contributed by atoms with Crippen LogP contribution in [0.15, 0.2) is 54.6 Å². The lowest BCUT2D eigenvalue weighted by atomic mass is 10.1. The van der Waals surface area contributed by atoms with E-state index in [1.54, 1.807) is 24.3 Å². The predicted octanol–water partition coefficient (Wildman–Crippen LogP) is 3.93. The fourth-order valence-electron chi connectivity index (χ4n) is 1.92. The molecule has 2 rings (SSSR count).